The van der Waals surface area contributed by atoms with E-state index in [2.05, 4.69) is 6.92 Å². The molecule has 3 aromatic carbocycles. The monoisotopic (exact) mass is 405 g/mol. The fourth-order valence-corrected chi connectivity index (χ4v) is 5.44. The molecule has 0 saturated heterocycles. The summed E-state index contributed by atoms with van der Waals surface area (Å²) >= 11 is 0. The minimum atomic E-state index is -3.85. The summed E-state index contributed by atoms with van der Waals surface area (Å²) in [6.45, 7) is 3.99. The van der Waals surface area contributed by atoms with Crippen molar-refractivity contribution in [3.05, 3.63) is 95.1 Å². The van der Waals surface area contributed by atoms with Crippen LogP contribution in [0.2, 0.25) is 0 Å². The third-order valence-corrected chi connectivity index (χ3v) is 7.29. The number of fused-ring (bicyclic) bond motifs is 1. The van der Waals surface area contributed by atoms with Crippen LogP contribution in [0.5, 0.6) is 0 Å². The molecule has 4 nitrogen and oxygen atoms in total. The summed E-state index contributed by atoms with van der Waals surface area (Å²) in [6, 6.07) is 21.1. The number of para-hydroxylation sites is 1. The number of carbonyl (C=O) groups excluding carboxylic acids is 1. The molecule has 1 aliphatic rings. The molecular weight excluding hydrogens is 382 g/mol. The number of Topliss-reactive ketones (excluding diaryl/α,β-unsaturated/α-hetero) is 1. The third-order valence-electron chi connectivity index (χ3n) is 5.45. The van der Waals surface area contributed by atoms with Gasteiger partial charge in [-0.25, -0.2) is 8.42 Å². The summed E-state index contributed by atoms with van der Waals surface area (Å²) in [6.07, 6.45) is 1.02. The summed E-state index contributed by atoms with van der Waals surface area (Å²) in [7, 11) is -3.85. The van der Waals surface area contributed by atoms with Gasteiger partial charge in [-0.3, -0.25) is 9.10 Å². The molecular formula is C24H23NO3S. The van der Waals surface area contributed by atoms with E-state index in [9.17, 15) is 13.2 Å². The standard InChI is InChI=1S/C24H23NO3S/c1-3-18-10-12-19(13-11-18)23-16-24(26)21-6-4-5-7-22(21)25(23)29(27,28)20-14-8-17(2)9-15-20/h4-15,23H,3,16H2,1-2H3/t23-/m0/s1. The van der Waals surface area contributed by atoms with Gasteiger partial charge in [0.25, 0.3) is 10.0 Å². The lowest BCUT2D eigenvalue weighted by atomic mass is 9.92. The maximum atomic E-state index is 13.7. The van der Waals surface area contributed by atoms with E-state index in [0.717, 1.165) is 17.5 Å². The summed E-state index contributed by atoms with van der Waals surface area (Å²) in [5, 5.41) is 0. The predicted molar refractivity (Wildman–Crippen MR) is 115 cm³/mol. The van der Waals surface area contributed by atoms with Gasteiger partial charge in [0.15, 0.2) is 5.78 Å². The number of sulfonamides is 1. The first-order chi connectivity index (χ1) is 13.9. The Morgan fingerprint density at radius 2 is 1.59 bits per heavy atom. The average molecular weight is 406 g/mol. The van der Waals surface area contributed by atoms with Crippen LogP contribution in [0.25, 0.3) is 0 Å². The van der Waals surface area contributed by atoms with Gasteiger partial charge in [0.2, 0.25) is 0 Å². The molecule has 0 saturated carbocycles. The molecule has 3 aromatic rings. The molecule has 4 rings (SSSR count). The zero-order valence-electron chi connectivity index (χ0n) is 16.5. The topological polar surface area (TPSA) is 54.5 Å². The van der Waals surface area contributed by atoms with Gasteiger partial charge in [0.05, 0.1) is 16.6 Å². The lowest BCUT2D eigenvalue weighted by Gasteiger charge is -2.37. The Bertz CT molecular complexity index is 1150. The van der Waals surface area contributed by atoms with Crippen LogP contribution in [-0.4, -0.2) is 14.2 Å². The van der Waals surface area contributed by atoms with Crippen molar-refractivity contribution in [1.29, 1.82) is 0 Å². The fourth-order valence-electron chi connectivity index (χ4n) is 3.79. The maximum Gasteiger partial charge on any atom is 0.264 e. The molecule has 1 atom stereocenters. The number of hydrogen-bond acceptors (Lipinski definition) is 3. The van der Waals surface area contributed by atoms with E-state index in [1.54, 1.807) is 48.5 Å². The Labute approximate surface area is 171 Å². The van der Waals surface area contributed by atoms with Crippen LogP contribution in [0, 0.1) is 6.92 Å². The van der Waals surface area contributed by atoms with Crippen molar-refractivity contribution in [1.82, 2.24) is 0 Å². The number of ketones is 1. The molecule has 0 fully saturated rings. The summed E-state index contributed by atoms with van der Waals surface area (Å²) in [5.74, 6) is -0.0412. The van der Waals surface area contributed by atoms with Gasteiger partial charge in [-0.05, 0) is 48.7 Å². The van der Waals surface area contributed by atoms with Crippen molar-refractivity contribution < 1.29 is 13.2 Å². The van der Waals surface area contributed by atoms with E-state index in [1.165, 1.54) is 9.87 Å². The van der Waals surface area contributed by atoms with Gasteiger partial charge in [0, 0.05) is 12.0 Å². The molecule has 0 spiro atoms. The second-order valence-corrected chi connectivity index (χ2v) is 9.18. The minimum absolute atomic E-state index is 0.0412. The SMILES string of the molecule is CCc1ccc([C@@H]2CC(=O)c3ccccc3N2S(=O)(=O)c2ccc(C)cc2)cc1. The number of anilines is 1. The molecule has 1 aliphatic heterocycles. The van der Waals surface area contributed by atoms with Crippen LogP contribution >= 0.6 is 0 Å². The first kappa shape index (κ1) is 19.4. The van der Waals surface area contributed by atoms with Crippen LogP contribution < -0.4 is 4.31 Å². The lowest BCUT2D eigenvalue weighted by molar-refractivity contribution is 0.0969. The third kappa shape index (κ3) is 3.47. The molecule has 5 heteroatoms. The number of carbonyl (C=O) groups is 1. The van der Waals surface area contributed by atoms with Crippen molar-refractivity contribution in [2.45, 2.75) is 37.6 Å². The quantitative estimate of drug-likeness (QED) is 0.608. The largest absolute Gasteiger partial charge is 0.294 e. The second-order valence-electron chi connectivity index (χ2n) is 7.37. The first-order valence-electron chi connectivity index (χ1n) is 9.74. The molecule has 0 aliphatic carbocycles. The molecule has 148 valence electrons. The summed E-state index contributed by atoms with van der Waals surface area (Å²) in [5.41, 5.74) is 3.87. The van der Waals surface area contributed by atoms with Gasteiger partial charge < -0.3 is 0 Å². The van der Waals surface area contributed by atoms with Crippen molar-refractivity contribution in [2.24, 2.45) is 0 Å². The lowest BCUT2D eigenvalue weighted by Crippen LogP contribution is -2.40. The normalized spacial score (nSPS) is 16.6. The number of rotatable bonds is 4. The maximum absolute atomic E-state index is 13.7. The van der Waals surface area contributed by atoms with Crippen LogP contribution in [0.1, 0.15) is 46.4 Å². The number of benzene rings is 3. The highest BCUT2D eigenvalue weighted by molar-refractivity contribution is 7.92. The fraction of sp³-hybridized carbons (Fsp3) is 0.208. The Hall–Kier alpha value is -2.92. The molecule has 0 bridgehead atoms. The highest BCUT2D eigenvalue weighted by atomic mass is 32.2. The summed E-state index contributed by atoms with van der Waals surface area (Å²) in [4.78, 5) is 13.0. The van der Waals surface area contributed by atoms with E-state index in [4.69, 9.17) is 0 Å². The molecule has 0 N–H and O–H groups in total. The van der Waals surface area contributed by atoms with Crippen LogP contribution in [-0.2, 0) is 16.4 Å². The highest BCUT2D eigenvalue weighted by Gasteiger charge is 2.39. The van der Waals surface area contributed by atoms with Gasteiger partial charge in [0.1, 0.15) is 0 Å². The van der Waals surface area contributed by atoms with Crippen LogP contribution in [0.15, 0.2) is 77.7 Å². The molecule has 0 aromatic heterocycles. The Morgan fingerprint density at radius 1 is 0.931 bits per heavy atom. The second kappa shape index (κ2) is 7.48. The molecule has 0 unspecified atom stereocenters. The van der Waals surface area contributed by atoms with E-state index in [0.29, 0.717) is 11.3 Å². The van der Waals surface area contributed by atoms with Crippen LogP contribution in [0.4, 0.5) is 5.69 Å². The molecule has 1 heterocycles. The van der Waals surface area contributed by atoms with Gasteiger partial charge >= 0.3 is 0 Å². The number of nitrogens with zero attached hydrogens (tertiary/aromatic N) is 1. The van der Waals surface area contributed by atoms with Crippen molar-refractivity contribution in [2.75, 3.05) is 4.31 Å². The van der Waals surface area contributed by atoms with E-state index in [-0.39, 0.29) is 17.1 Å². The van der Waals surface area contributed by atoms with E-state index >= 15 is 0 Å². The molecule has 0 amide bonds. The van der Waals surface area contributed by atoms with E-state index in [1.807, 2.05) is 31.2 Å². The van der Waals surface area contributed by atoms with Gasteiger partial charge in [-0.2, -0.15) is 0 Å². The Kier molecular flexibility index (Phi) is 5.01. The Balaban J connectivity index is 1.90. The smallest absolute Gasteiger partial charge is 0.264 e. The zero-order chi connectivity index (χ0) is 20.6. The highest BCUT2D eigenvalue weighted by Crippen LogP contribution is 2.42. The van der Waals surface area contributed by atoms with E-state index < -0.39 is 16.1 Å². The molecule has 29 heavy (non-hydrogen) atoms. The van der Waals surface area contributed by atoms with Gasteiger partial charge in [-0.1, -0.05) is 61.0 Å². The van der Waals surface area contributed by atoms with Crippen molar-refractivity contribution in [3.63, 3.8) is 0 Å². The average Bonchev–Trinajstić information content (AvgIpc) is 2.74. The van der Waals surface area contributed by atoms with Gasteiger partial charge in [-0.15, -0.1) is 0 Å². The minimum Gasteiger partial charge on any atom is -0.294 e. The zero-order valence-corrected chi connectivity index (χ0v) is 17.3. The van der Waals surface area contributed by atoms with Crippen molar-refractivity contribution in [3.8, 4) is 0 Å². The Morgan fingerprint density at radius 3 is 2.24 bits per heavy atom. The van der Waals surface area contributed by atoms with Crippen LogP contribution in [0.3, 0.4) is 0 Å². The predicted octanol–water partition coefficient (Wildman–Crippen LogP) is 5.08. The number of aryl methyl sites for hydroxylation is 2. The number of hydrogen-bond donors (Lipinski definition) is 0. The van der Waals surface area contributed by atoms with Crippen molar-refractivity contribution >= 4 is 21.5 Å². The first-order valence-corrected chi connectivity index (χ1v) is 11.2. The molecule has 0 radical (unpaired) electrons. The summed E-state index contributed by atoms with van der Waals surface area (Å²) < 4.78 is 28.8.